The van der Waals surface area contributed by atoms with Crippen molar-refractivity contribution >= 4 is 5.91 Å². The SMILES string of the molecule is O=C(C1CCCCC1)N1CCN(CC2CC2)CC1. The lowest BCUT2D eigenvalue weighted by Crippen LogP contribution is -2.50. The maximum Gasteiger partial charge on any atom is 0.225 e. The molecule has 0 unspecified atom stereocenters. The molecule has 0 radical (unpaired) electrons. The second-order valence-electron chi connectivity index (χ2n) is 6.40. The van der Waals surface area contributed by atoms with Crippen LogP contribution in [0.1, 0.15) is 44.9 Å². The van der Waals surface area contributed by atoms with Crippen molar-refractivity contribution in [3.63, 3.8) is 0 Å². The maximum absolute atomic E-state index is 12.4. The van der Waals surface area contributed by atoms with E-state index in [0.29, 0.717) is 11.8 Å². The molecule has 3 nitrogen and oxygen atoms in total. The van der Waals surface area contributed by atoms with Gasteiger partial charge in [0.1, 0.15) is 0 Å². The summed E-state index contributed by atoms with van der Waals surface area (Å²) in [6.45, 7) is 5.44. The van der Waals surface area contributed by atoms with Gasteiger partial charge in [-0.2, -0.15) is 0 Å². The van der Waals surface area contributed by atoms with E-state index in [4.69, 9.17) is 0 Å². The van der Waals surface area contributed by atoms with Gasteiger partial charge in [-0.15, -0.1) is 0 Å². The minimum absolute atomic E-state index is 0.355. The average Bonchev–Trinajstić information content (AvgIpc) is 3.24. The Balaban J connectivity index is 1.44. The summed E-state index contributed by atoms with van der Waals surface area (Å²) in [6.07, 6.45) is 9.00. The fraction of sp³-hybridized carbons (Fsp3) is 0.933. The molecular formula is C15H26N2O. The van der Waals surface area contributed by atoms with Crippen LogP contribution in [0, 0.1) is 11.8 Å². The van der Waals surface area contributed by atoms with Crippen molar-refractivity contribution in [3.8, 4) is 0 Å². The van der Waals surface area contributed by atoms with E-state index in [1.54, 1.807) is 0 Å². The van der Waals surface area contributed by atoms with Gasteiger partial charge in [0.25, 0.3) is 0 Å². The number of carbonyl (C=O) groups excluding carboxylic acids is 1. The Hall–Kier alpha value is -0.570. The molecule has 1 aliphatic heterocycles. The Morgan fingerprint density at radius 1 is 0.889 bits per heavy atom. The predicted molar refractivity (Wildman–Crippen MR) is 72.3 cm³/mol. The minimum Gasteiger partial charge on any atom is -0.340 e. The molecule has 3 aliphatic rings. The highest BCUT2D eigenvalue weighted by Crippen LogP contribution is 2.30. The molecule has 102 valence electrons. The quantitative estimate of drug-likeness (QED) is 0.766. The van der Waals surface area contributed by atoms with Gasteiger partial charge in [0, 0.05) is 38.6 Å². The van der Waals surface area contributed by atoms with Crippen molar-refractivity contribution in [3.05, 3.63) is 0 Å². The fourth-order valence-corrected chi connectivity index (χ4v) is 3.42. The topological polar surface area (TPSA) is 23.6 Å². The molecule has 18 heavy (non-hydrogen) atoms. The summed E-state index contributed by atoms with van der Waals surface area (Å²) < 4.78 is 0. The summed E-state index contributed by atoms with van der Waals surface area (Å²) in [4.78, 5) is 17.1. The molecule has 0 aromatic carbocycles. The molecule has 0 N–H and O–H groups in total. The number of amides is 1. The van der Waals surface area contributed by atoms with E-state index in [0.717, 1.165) is 44.9 Å². The molecule has 1 saturated heterocycles. The Morgan fingerprint density at radius 2 is 1.56 bits per heavy atom. The standard InChI is InChI=1S/C15H26N2O/c18-15(14-4-2-1-3-5-14)17-10-8-16(9-11-17)12-13-6-7-13/h13-14H,1-12H2. The summed E-state index contributed by atoms with van der Waals surface area (Å²) in [5.41, 5.74) is 0. The highest BCUT2D eigenvalue weighted by molar-refractivity contribution is 5.79. The van der Waals surface area contributed by atoms with E-state index in [9.17, 15) is 4.79 Å². The van der Waals surface area contributed by atoms with Gasteiger partial charge in [-0.25, -0.2) is 0 Å². The fourth-order valence-electron chi connectivity index (χ4n) is 3.42. The smallest absolute Gasteiger partial charge is 0.225 e. The molecule has 0 atom stereocenters. The molecule has 1 heterocycles. The molecule has 0 aromatic rings. The van der Waals surface area contributed by atoms with Crippen molar-refractivity contribution in [2.45, 2.75) is 44.9 Å². The van der Waals surface area contributed by atoms with Crippen molar-refractivity contribution in [1.82, 2.24) is 9.80 Å². The van der Waals surface area contributed by atoms with Crippen LogP contribution in [0.2, 0.25) is 0 Å². The second-order valence-corrected chi connectivity index (χ2v) is 6.40. The first-order chi connectivity index (χ1) is 8.83. The molecular weight excluding hydrogens is 224 g/mol. The first kappa shape index (κ1) is 12.5. The van der Waals surface area contributed by atoms with Gasteiger partial charge in [-0.05, 0) is 31.6 Å². The zero-order valence-corrected chi connectivity index (χ0v) is 11.4. The minimum atomic E-state index is 0.355. The lowest BCUT2D eigenvalue weighted by atomic mass is 9.88. The largest absolute Gasteiger partial charge is 0.340 e. The Morgan fingerprint density at radius 3 is 2.17 bits per heavy atom. The Kier molecular flexibility index (Phi) is 3.88. The summed E-state index contributed by atoms with van der Waals surface area (Å²) in [5.74, 6) is 1.79. The van der Waals surface area contributed by atoms with Crippen LogP contribution in [-0.2, 0) is 4.79 Å². The molecule has 0 aromatic heterocycles. The van der Waals surface area contributed by atoms with Crippen molar-refractivity contribution in [2.24, 2.45) is 11.8 Å². The number of hydrogen-bond donors (Lipinski definition) is 0. The van der Waals surface area contributed by atoms with Gasteiger partial charge in [-0.1, -0.05) is 19.3 Å². The molecule has 3 fully saturated rings. The Bertz CT molecular complexity index is 287. The number of nitrogens with zero attached hydrogens (tertiary/aromatic N) is 2. The van der Waals surface area contributed by atoms with Crippen LogP contribution in [0.3, 0.4) is 0 Å². The first-order valence-corrected chi connectivity index (χ1v) is 7.84. The number of carbonyl (C=O) groups is 1. The van der Waals surface area contributed by atoms with Crippen LogP contribution < -0.4 is 0 Å². The highest BCUT2D eigenvalue weighted by Gasteiger charge is 2.30. The van der Waals surface area contributed by atoms with Gasteiger partial charge in [-0.3, -0.25) is 9.69 Å². The first-order valence-electron chi connectivity index (χ1n) is 7.84. The lowest BCUT2D eigenvalue weighted by molar-refractivity contribution is -0.138. The second kappa shape index (κ2) is 5.60. The third-order valence-electron chi connectivity index (χ3n) is 4.85. The summed E-state index contributed by atoms with van der Waals surface area (Å²) in [6, 6.07) is 0. The lowest BCUT2D eigenvalue weighted by Gasteiger charge is -2.37. The molecule has 1 amide bonds. The predicted octanol–water partition coefficient (Wildman–Crippen LogP) is 2.12. The number of rotatable bonds is 3. The molecule has 3 heteroatoms. The van der Waals surface area contributed by atoms with Gasteiger partial charge >= 0.3 is 0 Å². The molecule has 2 aliphatic carbocycles. The summed E-state index contributed by atoms with van der Waals surface area (Å²) >= 11 is 0. The van der Waals surface area contributed by atoms with Gasteiger partial charge in [0.05, 0.1) is 0 Å². The monoisotopic (exact) mass is 250 g/mol. The third kappa shape index (κ3) is 3.05. The van der Waals surface area contributed by atoms with Crippen molar-refractivity contribution < 1.29 is 4.79 Å². The summed E-state index contributed by atoms with van der Waals surface area (Å²) in [5, 5.41) is 0. The van der Waals surface area contributed by atoms with Crippen LogP contribution in [0.25, 0.3) is 0 Å². The van der Waals surface area contributed by atoms with E-state index < -0.39 is 0 Å². The van der Waals surface area contributed by atoms with Gasteiger partial charge in [0.15, 0.2) is 0 Å². The highest BCUT2D eigenvalue weighted by atomic mass is 16.2. The molecule has 2 saturated carbocycles. The van der Waals surface area contributed by atoms with E-state index >= 15 is 0 Å². The van der Waals surface area contributed by atoms with E-state index in [1.807, 2.05) is 0 Å². The maximum atomic E-state index is 12.4. The molecule has 0 bridgehead atoms. The number of piperazine rings is 1. The van der Waals surface area contributed by atoms with Crippen LogP contribution >= 0.6 is 0 Å². The van der Waals surface area contributed by atoms with Crippen molar-refractivity contribution in [2.75, 3.05) is 32.7 Å². The summed E-state index contributed by atoms with van der Waals surface area (Å²) in [7, 11) is 0. The third-order valence-corrected chi connectivity index (χ3v) is 4.85. The molecule has 0 spiro atoms. The van der Waals surface area contributed by atoms with Crippen LogP contribution in [0.15, 0.2) is 0 Å². The zero-order valence-electron chi connectivity index (χ0n) is 11.4. The van der Waals surface area contributed by atoms with Gasteiger partial charge in [0.2, 0.25) is 5.91 Å². The zero-order chi connectivity index (χ0) is 12.4. The molecule has 3 rings (SSSR count). The van der Waals surface area contributed by atoms with E-state index in [-0.39, 0.29) is 0 Å². The Labute approximate surface area is 111 Å². The van der Waals surface area contributed by atoms with Crippen LogP contribution in [0.5, 0.6) is 0 Å². The van der Waals surface area contributed by atoms with E-state index in [2.05, 4.69) is 9.80 Å². The average molecular weight is 250 g/mol. The number of hydrogen-bond acceptors (Lipinski definition) is 2. The van der Waals surface area contributed by atoms with E-state index in [1.165, 1.54) is 38.6 Å². The van der Waals surface area contributed by atoms with Crippen LogP contribution in [-0.4, -0.2) is 48.4 Å². The van der Waals surface area contributed by atoms with Gasteiger partial charge < -0.3 is 4.90 Å². The van der Waals surface area contributed by atoms with Crippen LogP contribution in [0.4, 0.5) is 0 Å². The normalized spacial score (nSPS) is 27.4. The van der Waals surface area contributed by atoms with Crippen molar-refractivity contribution in [1.29, 1.82) is 0 Å².